The average Bonchev–Trinajstić information content (AvgIpc) is 2.30. The van der Waals surface area contributed by atoms with E-state index < -0.39 is 0 Å². The van der Waals surface area contributed by atoms with Crippen molar-refractivity contribution in [1.82, 2.24) is 0 Å². The molecule has 0 atom stereocenters. The predicted molar refractivity (Wildman–Crippen MR) is 73.7 cm³/mol. The van der Waals surface area contributed by atoms with Crippen LogP contribution in [0.5, 0.6) is 5.75 Å². The molecule has 1 rings (SSSR count). The number of benzene rings is 1. The molecule has 0 aromatic heterocycles. The molecule has 0 aliphatic heterocycles. The van der Waals surface area contributed by atoms with Crippen molar-refractivity contribution in [2.45, 2.75) is 27.2 Å². The zero-order valence-electron chi connectivity index (χ0n) is 11.3. The van der Waals surface area contributed by atoms with E-state index in [4.69, 9.17) is 10.5 Å². The molecule has 1 amide bonds. The molecule has 4 nitrogen and oxygen atoms in total. The van der Waals surface area contributed by atoms with Crippen molar-refractivity contribution in [3.63, 3.8) is 0 Å². The van der Waals surface area contributed by atoms with Gasteiger partial charge in [-0.25, -0.2) is 0 Å². The Bertz CT molecular complexity index is 403. The van der Waals surface area contributed by atoms with E-state index in [9.17, 15) is 4.79 Å². The third-order valence-electron chi connectivity index (χ3n) is 2.79. The van der Waals surface area contributed by atoms with E-state index in [1.54, 1.807) is 0 Å². The van der Waals surface area contributed by atoms with E-state index in [0.29, 0.717) is 24.6 Å². The maximum atomic E-state index is 11.1. The van der Waals surface area contributed by atoms with Crippen LogP contribution in [0.2, 0.25) is 0 Å². The first-order valence-corrected chi connectivity index (χ1v) is 6.14. The van der Waals surface area contributed by atoms with Crippen molar-refractivity contribution in [3.05, 3.63) is 24.3 Å². The minimum atomic E-state index is -0.103. The first-order valence-electron chi connectivity index (χ1n) is 6.14. The summed E-state index contributed by atoms with van der Waals surface area (Å²) in [6, 6.07) is 7.42. The highest BCUT2D eigenvalue weighted by Crippen LogP contribution is 2.25. The molecule has 0 aliphatic carbocycles. The predicted octanol–water partition coefficient (Wildman–Crippen LogP) is 2.40. The van der Waals surface area contributed by atoms with E-state index in [1.807, 2.05) is 24.3 Å². The van der Waals surface area contributed by atoms with Crippen LogP contribution in [0.15, 0.2) is 24.3 Å². The van der Waals surface area contributed by atoms with Crippen molar-refractivity contribution in [2.75, 3.05) is 18.5 Å². The highest BCUT2D eigenvalue weighted by molar-refractivity contribution is 5.90. The summed E-state index contributed by atoms with van der Waals surface area (Å²) in [6.45, 7) is 6.91. The Labute approximate surface area is 109 Å². The Morgan fingerprint density at radius 3 is 2.67 bits per heavy atom. The first-order chi connectivity index (χ1) is 8.44. The SMILES string of the molecule is CC(=O)Nc1ccccc1OCCC(C)(C)CN. The van der Waals surface area contributed by atoms with E-state index in [2.05, 4.69) is 19.2 Å². The lowest BCUT2D eigenvalue weighted by Gasteiger charge is -2.22. The highest BCUT2D eigenvalue weighted by atomic mass is 16.5. The summed E-state index contributed by atoms with van der Waals surface area (Å²) in [5.41, 5.74) is 6.45. The molecule has 0 bridgehead atoms. The fraction of sp³-hybridized carbons (Fsp3) is 0.500. The maximum Gasteiger partial charge on any atom is 0.221 e. The number of nitrogens with one attached hydrogen (secondary N) is 1. The molecule has 0 saturated carbocycles. The van der Waals surface area contributed by atoms with Gasteiger partial charge in [-0.1, -0.05) is 26.0 Å². The Hall–Kier alpha value is -1.55. The lowest BCUT2D eigenvalue weighted by Crippen LogP contribution is -2.25. The summed E-state index contributed by atoms with van der Waals surface area (Å²) in [5, 5.41) is 2.75. The lowest BCUT2D eigenvalue weighted by atomic mass is 9.90. The van der Waals surface area contributed by atoms with Gasteiger partial charge >= 0.3 is 0 Å². The van der Waals surface area contributed by atoms with Gasteiger partial charge in [0.15, 0.2) is 0 Å². The smallest absolute Gasteiger partial charge is 0.221 e. The number of carbonyl (C=O) groups is 1. The van der Waals surface area contributed by atoms with Gasteiger partial charge in [0.25, 0.3) is 0 Å². The normalized spacial score (nSPS) is 11.1. The Morgan fingerprint density at radius 2 is 2.06 bits per heavy atom. The fourth-order valence-corrected chi connectivity index (χ4v) is 1.42. The van der Waals surface area contributed by atoms with Crippen molar-refractivity contribution in [2.24, 2.45) is 11.1 Å². The molecular weight excluding hydrogens is 228 g/mol. The Balaban J connectivity index is 2.59. The Kier molecular flexibility index (Phi) is 5.16. The summed E-state index contributed by atoms with van der Waals surface area (Å²) < 4.78 is 5.71. The van der Waals surface area contributed by atoms with Crippen LogP contribution in [0, 0.1) is 5.41 Å². The number of ether oxygens (including phenoxy) is 1. The molecule has 4 heteroatoms. The van der Waals surface area contributed by atoms with Gasteiger partial charge in [-0.05, 0) is 30.5 Å². The second-order valence-electron chi connectivity index (χ2n) is 5.14. The van der Waals surface area contributed by atoms with Gasteiger partial charge in [-0.2, -0.15) is 0 Å². The van der Waals surface area contributed by atoms with Crippen LogP contribution in [0.4, 0.5) is 5.69 Å². The zero-order valence-corrected chi connectivity index (χ0v) is 11.3. The molecule has 18 heavy (non-hydrogen) atoms. The minimum Gasteiger partial charge on any atom is -0.491 e. The highest BCUT2D eigenvalue weighted by Gasteiger charge is 2.15. The third-order valence-corrected chi connectivity index (χ3v) is 2.79. The van der Waals surface area contributed by atoms with Gasteiger partial charge in [0.2, 0.25) is 5.91 Å². The molecule has 1 aromatic carbocycles. The second kappa shape index (κ2) is 6.40. The van der Waals surface area contributed by atoms with Gasteiger partial charge in [-0.15, -0.1) is 0 Å². The largest absolute Gasteiger partial charge is 0.491 e. The molecule has 0 fully saturated rings. The van der Waals surface area contributed by atoms with Gasteiger partial charge in [-0.3, -0.25) is 4.79 Å². The number of hydrogen-bond donors (Lipinski definition) is 2. The van der Waals surface area contributed by atoms with Gasteiger partial charge in [0.05, 0.1) is 12.3 Å². The number of rotatable bonds is 6. The number of carbonyl (C=O) groups excluding carboxylic acids is 1. The summed E-state index contributed by atoms with van der Waals surface area (Å²) in [6.07, 6.45) is 0.873. The average molecular weight is 250 g/mol. The number of anilines is 1. The van der Waals surface area contributed by atoms with E-state index >= 15 is 0 Å². The molecule has 3 N–H and O–H groups in total. The maximum absolute atomic E-state index is 11.1. The number of para-hydroxylation sites is 2. The molecule has 0 aliphatic rings. The van der Waals surface area contributed by atoms with Crippen LogP contribution < -0.4 is 15.8 Å². The molecule has 0 unspecified atom stereocenters. The Morgan fingerprint density at radius 1 is 1.39 bits per heavy atom. The van der Waals surface area contributed by atoms with Crippen molar-refractivity contribution < 1.29 is 9.53 Å². The van der Waals surface area contributed by atoms with Crippen LogP contribution in [0.3, 0.4) is 0 Å². The summed E-state index contributed by atoms with van der Waals surface area (Å²) >= 11 is 0. The van der Waals surface area contributed by atoms with E-state index in [-0.39, 0.29) is 11.3 Å². The quantitative estimate of drug-likeness (QED) is 0.814. The first kappa shape index (κ1) is 14.5. The number of amides is 1. The van der Waals surface area contributed by atoms with E-state index in [1.165, 1.54) is 6.92 Å². The van der Waals surface area contributed by atoms with Crippen LogP contribution in [-0.2, 0) is 4.79 Å². The molecule has 0 saturated heterocycles. The van der Waals surface area contributed by atoms with Crippen LogP contribution in [0.25, 0.3) is 0 Å². The minimum absolute atomic E-state index is 0.0724. The standard InChI is InChI=1S/C14H22N2O2/c1-11(17)16-12-6-4-5-7-13(12)18-9-8-14(2,3)10-15/h4-7H,8-10,15H2,1-3H3,(H,16,17). The zero-order chi connectivity index (χ0) is 13.6. The van der Waals surface area contributed by atoms with Crippen molar-refractivity contribution >= 4 is 11.6 Å². The molecule has 0 heterocycles. The molecule has 0 radical (unpaired) electrons. The van der Waals surface area contributed by atoms with Gasteiger partial charge < -0.3 is 15.8 Å². The molecular formula is C14H22N2O2. The van der Waals surface area contributed by atoms with Crippen LogP contribution in [0.1, 0.15) is 27.2 Å². The summed E-state index contributed by atoms with van der Waals surface area (Å²) in [7, 11) is 0. The lowest BCUT2D eigenvalue weighted by molar-refractivity contribution is -0.114. The molecule has 0 spiro atoms. The number of hydrogen-bond acceptors (Lipinski definition) is 3. The summed E-state index contributed by atoms with van der Waals surface area (Å²) in [5.74, 6) is 0.592. The van der Waals surface area contributed by atoms with Crippen molar-refractivity contribution in [1.29, 1.82) is 0 Å². The monoisotopic (exact) mass is 250 g/mol. The van der Waals surface area contributed by atoms with E-state index in [0.717, 1.165) is 6.42 Å². The second-order valence-corrected chi connectivity index (χ2v) is 5.14. The van der Waals surface area contributed by atoms with Gasteiger partial charge in [0.1, 0.15) is 5.75 Å². The third kappa shape index (κ3) is 4.75. The number of nitrogens with two attached hydrogens (primary N) is 1. The summed E-state index contributed by atoms with van der Waals surface area (Å²) in [4.78, 5) is 11.1. The molecule has 1 aromatic rings. The van der Waals surface area contributed by atoms with Crippen LogP contribution >= 0.6 is 0 Å². The fourth-order valence-electron chi connectivity index (χ4n) is 1.42. The molecule has 100 valence electrons. The van der Waals surface area contributed by atoms with Crippen molar-refractivity contribution in [3.8, 4) is 5.75 Å². The topological polar surface area (TPSA) is 64.3 Å². The van der Waals surface area contributed by atoms with Gasteiger partial charge in [0, 0.05) is 6.92 Å². The van der Waals surface area contributed by atoms with Crippen LogP contribution in [-0.4, -0.2) is 19.1 Å².